The van der Waals surface area contributed by atoms with Gasteiger partial charge >= 0.3 is 0 Å². The van der Waals surface area contributed by atoms with Gasteiger partial charge in [0, 0.05) is 6.04 Å². The molecular formula is C8H16N4S2. The second kappa shape index (κ2) is 5.43. The maximum absolute atomic E-state index is 4.94. The molecule has 4 nitrogen and oxygen atoms in total. The van der Waals surface area contributed by atoms with Gasteiger partial charge in [0.2, 0.25) is 5.13 Å². The van der Waals surface area contributed by atoms with Gasteiger partial charge in [-0.05, 0) is 46.2 Å². The van der Waals surface area contributed by atoms with Gasteiger partial charge in [0.15, 0.2) is 3.95 Å². The number of hydrogen-bond donors (Lipinski definition) is 2. The first-order chi connectivity index (χ1) is 6.58. The van der Waals surface area contributed by atoms with Crippen LogP contribution in [0.2, 0.25) is 0 Å². The fourth-order valence-electron chi connectivity index (χ4n) is 1.03. The normalized spacial score (nSPS) is 13.1. The topological polar surface area (TPSA) is 44.0 Å². The van der Waals surface area contributed by atoms with Crippen LogP contribution in [0.1, 0.15) is 13.3 Å². The molecular weight excluding hydrogens is 216 g/mol. The van der Waals surface area contributed by atoms with Crippen molar-refractivity contribution in [3.8, 4) is 0 Å². The predicted octanol–water partition coefficient (Wildman–Crippen LogP) is 1.95. The molecule has 0 aromatic carbocycles. The molecule has 0 amide bonds. The Hall–Kier alpha value is -0.460. The number of hydrogen-bond acceptors (Lipinski definition) is 5. The quantitative estimate of drug-likeness (QED) is 0.762. The summed E-state index contributed by atoms with van der Waals surface area (Å²) >= 11 is 6.42. The minimum Gasteiger partial charge on any atom is -0.358 e. The zero-order chi connectivity index (χ0) is 10.6. The molecule has 1 atom stereocenters. The van der Waals surface area contributed by atoms with Crippen molar-refractivity contribution in [2.24, 2.45) is 0 Å². The van der Waals surface area contributed by atoms with Gasteiger partial charge in [0.1, 0.15) is 0 Å². The highest BCUT2D eigenvalue weighted by Gasteiger charge is 2.04. The maximum atomic E-state index is 4.94. The highest BCUT2D eigenvalue weighted by Crippen LogP contribution is 2.12. The van der Waals surface area contributed by atoms with Gasteiger partial charge < -0.3 is 10.2 Å². The number of aromatic amines is 1. The largest absolute Gasteiger partial charge is 0.358 e. The van der Waals surface area contributed by atoms with E-state index in [1.807, 2.05) is 0 Å². The molecule has 6 heteroatoms. The third-order valence-corrected chi connectivity index (χ3v) is 2.84. The highest BCUT2D eigenvalue weighted by atomic mass is 32.1. The molecule has 1 heterocycles. The number of nitrogens with zero attached hydrogens (tertiary/aromatic N) is 2. The van der Waals surface area contributed by atoms with E-state index in [2.05, 4.69) is 41.4 Å². The van der Waals surface area contributed by atoms with Crippen LogP contribution in [0.15, 0.2) is 0 Å². The smallest absolute Gasteiger partial charge is 0.204 e. The van der Waals surface area contributed by atoms with Crippen molar-refractivity contribution in [1.82, 2.24) is 15.1 Å². The molecule has 1 rings (SSSR count). The van der Waals surface area contributed by atoms with Crippen LogP contribution < -0.4 is 5.32 Å². The van der Waals surface area contributed by atoms with Gasteiger partial charge in [0.25, 0.3) is 0 Å². The number of rotatable bonds is 5. The fraction of sp³-hybridized carbons (Fsp3) is 0.750. The van der Waals surface area contributed by atoms with Gasteiger partial charge in [-0.25, -0.2) is 0 Å². The highest BCUT2D eigenvalue weighted by molar-refractivity contribution is 7.73. The van der Waals surface area contributed by atoms with E-state index in [0.29, 0.717) is 10.00 Å². The Bertz CT molecular complexity index is 317. The van der Waals surface area contributed by atoms with Crippen molar-refractivity contribution < 1.29 is 0 Å². The average molecular weight is 232 g/mol. The number of nitrogens with one attached hydrogen (secondary N) is 2. The summed E-state index contributed by atoms with van der Waals surface area (Å²) in [5.74, 6) is 0. The molecule has 0 spiro atoms. The summed E-state index contributed by atoms with van der Waals surface area (Å²) in [6.45, 7) is 3.22. The molecule has 0 bridgehead atoms. The monoisotopic (exact) mass is 232 g/mol. The minimum absolute atomic E-state index is 0.423. The Morgan fingerprint density at radius 1 is 1.64 bits per heavy atom. The van der Waals surface area contributed by atoms with Crippen LogP contribution in [0, 0.1) is 3.95 Å². The molecule has 1 aromatic rings. The molecule has 1 aromatic heterocycles. The number of H-pyrrole nitrogens is 1. The molecule has 0 aliphatic rings. The Balaban J connectivity index is 2.33. The van der Waals surface area contributed by atoms with Crippen LogP contribution in [0.4, 0.5) is 5.13 Å². The van der Waals surface area contributed by atoms with E-state index in [9.17, 15) is 0 Å². The van der Waals surface area contributed by atoms with Crippen LogP contribution in [-0.4, -0.2) is 41.8 Å². The summed E-state index contributed by atoms with van der Waals surface area (Å²) in [6.07, 6.45) is 1.10. The first-order valence-electron chi connectivity index (χ1n) is 4.54. The van der Waals surface area contributed by atoms with E-state index in [-0.39, 0.29) is 0 Å². The molecule has 2 N–H and O–H groups in total. The van der Waals surface area contributed by atoms with Gasteiger partial charge in [0.05, 0.1) is 0 Å². The number of aromatic nitrogens is 2. The minimum atomic E-state index is 0.423. The van der Waals surface area contributed by atoms with Gasteiger partial charge in [-0.15, -0.1) is 5.10 Å². The SMILES string of the molecule is CC(CCN(C)C)Nc1n[nH]c(=S)s1. The first kappa shape index (κ1) is 11.6. The van der Waals surface area contributed by atoms with E-state index >= 15 is 0 Å². The van der Waals surface area contributed by atoms with E-state index in [1.165, 1.54) is 11.3 Å². The second-order valence-electron chi connectivity index (χ2n) is 3.56. The van der Waals surface area contributed by atoms with Crippen LogP contribution in [0.25, 0.3) is 0 Å². The summed E-state index contributed by atoms with van der Waals surface area (Å²) in [5.41, 5.74) is 0. The Morgan fingerprint density at radius 3 is 2.86 bits per heavy atom. The maximum Gasteiger partial charge on any atom is 0.204 e. The summed E-state index contributed by atoms with van der Waals surface area (Å²) in [6, 6.07) is 0.423. The average Bonchev–Trinajstić information content (AvgIpc) is 2.48. The van der Waals surface area contributed by atoms with Gasteiger partial charge in [-0.2, -0.15) is 0 Å². The number of anilines is 1. The van der Waals surface area contributed by atoms with Crippen molar-refractivity contribution in [3.63, 3.8) is 0 Å². The zero-order valence-corrected chi connectivity index (χ0v) is 10.3. The van der Waals surface area contributed by atoms with Crippen molar-refractivity contribution in [2.45, 2.75) is 19.4 Å². The van der Waals surface area contributed by atoms with Crippen LogP contribution >= 0.6 is 23.6 Å². The summed E-state index contributed by atoms with van der Waals surface area (Å²) in [4.78, 5) is 2.17. The summed E-state index contributed by atoms with van der Waals surface area (Å²) in [7, 11) is 4.15. The van der Waals surface area contributed by atoms with Crippen molar-refractivity contribution in [1.29, 1.82) is 0 Å². The lowest BCUT2D eigenvalue weighted by molar-refractivity contribution is 0.390. The fourth-order valence-corrected chi connectivity index (χ4v) is 1.93. The molecule has 14 heavy (non-hydrogen) atoms. The van der Waals surface area contributed by atoms with Crippen molar-refractivity contribution in [3.05, 3.63) is 3.95 Å². The summed E-state index contributed by atoms with van der Waals surface area (Å²) in [5, 5.41) is 11.0. The third kappa shape index (κ3) is 4.17. The molecule has 0 aliphatic carbocycles. The van der Waals surface area contributed by atoms with Crippen LogP contribution in [0.3, 0.4) is 0 Å². The molecule has 0 fully saturated rings. The second-order valence-corrected chi connectivity index (χ2v) is 5.22. The first-order valence-corrected chi connectivity index (χ1v) is 5.77. The Labute approximate surface area is 93.3 Å². The standard InChI is InChI=1S/C8H16N4S2/c1-6(4-5-12(2)3)9-7-10-11-8(13)14-7/h6H,4-5H2,1-3H3,(H,9,10)(H,11,13). The lowest BCUT2D eigenvalue weighted by Gasteiger charge is -2.15. The van der Waals surface area contributed by atoms with Gasteiger partial charge in [-0.3, -0.25) is 5.10 Å². The Morgan fingerprint density at radius 2 is 2.36 bits per heavy atom. The lowest BCUT2D eigenvalue weighted by atomic mass is 10.2. The van der Waals surface area contributed by atoms with Crippen LogP contribution in [-0.2, 0) is 0 Å². The predicted molar refractivity (Wildman–Crippen MR) is 63.6 cm³/mol. The molecule has 0 saturated carbocycles. The molecule has 0 saturated heterocycles. The van der Waals surface area contributed by atoms with Crippen LogP contribution in [0.5, 0.6) is 0 Å². The third-order valence-electron chi connectivity index (χ3n) is 1.82. The van der Waals surface area contributed by atoms with Crippen molar-refractivity contribution >= 4 is 28.7 Å². The lowest BCUT2D eigenvalue weighted by Crippen LogP contribution is -2.22. The summed E-state index contributed by atoms with van der Waals surface area (Å²) < 4.78 is 0.715. The van der Waals surface area contributed by atoms with E-state index < -0.39 is 0 Å². The van der Waals surface area contributed by atoms with Crippen molar-refractivity contribution in [2.75, 3.05) is 26.0 Å². The zero-order valence-electron chi connectivity index (χ0n) is 8.70. The van der Waals surface area contributed by atoms with Gasteiger partial charge in [-0.1, -0.05) is 11.3 Å². The molecule has 0 aliphatic heterocycles. The molecule has 80 valence electrons. The van der Waals surface area contributed by atoms with E-state index in [0.717, 1.165) is 18.1 Å². The molecule has 0 radical (unpaired) electrons. The Kier molecular flexibility index (Phi) is 4.50. The van der Waals surface area contributed by atoms with E-state index in [1.54, 1.807) is 0 Å². The molecule has 1 unspecified atom stereocenters. The van der Waals surface area contributed by atoms with E-state index in [4.69, 9.17) is 12.2 Å².